The zero-order chi connectivity index (χ0) is 13.5. The summed E-state index contributed by atoms with van der Waals surface area (Å²) in [4.78, 5) is 0. The van der Waals surface area contributed by atoms with Gasteiger partial charge in [-0.25, -0.2) is 0 Å². The normalized spacial score (nSPS) is 20.0. The van der Waals surface area contributed by atoms with Crippen LogP contribution in [0.15, 0.2) is 0 Å². The van der Waals surface area contributed by atoms with Gasteiger partial charge in [0.15, 0.2) is 0 Å². The standard InChI is InChI=1S/C13H24F3NS/c1-2-9-17-11-12(6-4-3-5-7-12)8-10-18-13(14,15)16/h17H,2-11H2,1H3. The van der Waals surface area contributed by atoms with Crippen LogP contribution in [0.3, 0.4) is 0 Å². The van der Waals surface area contributed by atoms with Gasteiger partial charge in [0, 0.05) is 12.3 Å². The first-order chi connectivity index (χ1) is 8.47. The Morgan fingerprint density at radius 2 is 1.83 bits per heavy atom. The summed E-state index contributed by atoms with van der Waals surface area (Å²) in [6.07, 6.45) is 7.52. The SMILES string of the molecule is CCCNCC1(CCSC(F)(F)F)CCCCC1. The highest BCUT2D eigenvalue weighted by atomic mass is 32.2. The van der Waals surface area contributed by atoms with Gasteiger partial charge in [-0.05, 0) is 37.6 Å². The molecule has 1 nitrogen and oxygen atoms in total. The number of halogens is 3. The largest absolute Gasteiger partial charge is 0.441 e. The fourth-order valence-electron chi connectivity index (χ4n) is 2.73. The molecule has 5 heteroatoms. The molecule has 0 aromatic rings. The van der Waals surface area contributed by atoms with Crippen LogP contribution in [0.5, 0.6) is 0 Å². The van der Waals surface area contributed by atoms with Crippen molar-refractivity contribution >= 4 is 11.8 Å². The minimum absolute atomic E-state index is 0.117. The molecule has 0 unspecified atom stereocenters. The molecule has 0 aromatic heterocycles. The van der Waals surface area contributed by atoms with E-state index < -0.39 is 5.51 Å². The Labute approximate surface area is 112 Å². The number of rotatable bonds is 7. The summed E-state index contributed by atoms with van der Waals surface area (Å²) in [6.45, 7) is 3.97. The Morgan fingerprint density at radius 3 is 2.39 bits per heavy atom. The highest BCUT2D eigenvalue weighted by Gasteiger charge is 2.34. The van der Waals surface area contributed by atoms with E-state index in [-0.39, 0.29) is 22.9 Å². The molecule has 18 heavy (non-hydrogen) atoms. The zero-order valence-electron chi connectivity index (χ0n) is 11.1. The van der Waals surface area contributed by atoms with Crippen molar-refractivity contribution in [3.05, 3.63) is 0 Å². The van der Waals surface area contributed by atoms with Gasteiger partial charge >= 0.3 is 5.51 Å². The molecule has 0 spiro atoms. The Hall–Kier alpha value is 0.100. The third-order valence-corrected chi connectivity index (χ3v) is 4.47. The van der Waals surface area contributed by atoms with E-state index in [9.17, 15) is 13.2 Å². The van der Waals surface area contributed by atoms with Crippen LogP contribution in [-0.2, 0) is 0 Å². The molecule has 108 valence electrons. The second-order valence-electron chi connectivity index (χ2n) is 5.28. The van der Waals surface area contributed by atoms with Crippen LogP contribution in [0, 0.1) is 5.41 Å². The summed E-state index contributed by atoms with van der Waals surface area (Å²) < 4.78 is 36.6. The average molecular weight is 283 g/mol. The van der Waals surface area contributed by atoms with Crippen LogP contribution in [-0.4, -0.2) is 24.4 Å². The highest BCUT2D eigenvalue weighted by molar-refractivity contribution is 8.00. The second kappa shape index (κ2) is 7.63. The van der Waals surface area contributed by atoms with Gasteiger partial charge in [0.05, 0.1) is 0 Å². The Morgan fingerprint density at radius 1 is 1.17 bits per heavy atom. The summed E-state index contributed by atoms with van der Waals surface area (Å²) in [7, 11) is 0. The van der Waals surface area contributed by atoms with Crippen LogP contribution >= 0.6 is 11.8 Å². The van der Waals surface area contributed by atoms with Gasteiger partial charge < -0.3 is 5.32 Å². The van der Waals surface area contributed by atoms with Crippen molar-refractivity contribution in [2.75, 3.05) is 18.8 Å². The molecule has 0 amide bonds. The first-order valence-corrected chi connectivity index (χ1v) is 7.87. The Balaban J connectivity index is 2.39. The number of hydrogen-bond acceptors (Lipinski definition) is 2. The second-order valence-corrected chi connectivity index (χ2v) is 6.44. The van der Waals surface area contributed by atoms with E-state index >= 15 is 0 Å². The van der Waals surface area contributed by atoms with Crippen LogP contribution in [0.4, 0.5) is 13.2 Å². The highest BCUT2D eigenvalue weighted by Crippen LogP contribution is 2.41. The monoisotopic (exact) mass is 283 g/mol. The Bertz CT molecular complexity index is 225. The summed E-state index contributed by atoms with van der Waals surface area (Å²) in [5.74, 6) is 0.206. The maximum atomic E-state index is 12.2. The van der Waals surface area contributed by atoms with E-state index in [2.05, 4.69) is 12.2 Å². The molecule has 1 fully saturated rings. The zero-order valence-corrected chi connectivity index (χ0v) is 11.9. The molecule has 0 radical (unpaired) electrons. The van der Waals surface area contributed by atoms with Gasteiger partial charge in [-0.1, -0.05) is 37.9 Å². The summed E-state index contributed by atoms with van der Waals surface area (Å²) in [6, 6.07) is 0. The van der Waals surface area contributed by atoms with Crippen LogP contribution in [0.1, 0.15) is 51.9 Å². The molecule has 0 atom stereocenters. The molecule has 0 aromatic carbocycles. The fraction of sp³-hybridized carbons (Fsp3) is 1.00. The molecular formula is C13H24F3NS. The quantitative estimate of drug-likeness (QED) is 0.686. The van der Waals surface area contributed by atoms with Gasteiger partial charge in [-0.15, -0.1) is 0 Å². The Kier molecular flexibility index (Phi) is 6.85. The van der Waals surface area contributed by atoms with Crippen molar-refractivity contribution in [2.24, 2.45) is 5.41 Å². The van der Waals surface area contributed by atoms with Crippen molar-refractivity contribution in [3.8, 4) is 0 Å². The van der Waals surface area contributed by atoms with Crippen molar-refractivity contribution in [1.29, 1.82) is 0 Å². The third-order valence-electron chi connectivity index (χ3n) is 3.74. The molecule has 1 aliphatic carbocycles. The summed E-state index contributed by atoms with van der Waals surface area (Å²) >= 11 is 0.137. The first-order valence-electron chi connectivity index (χ1n) is 6.89. The number of alkyl halides is 3. The molecular weight excluding hydrogens is 259 g/mol. The van der Waals surface area contributed by atoms with Crippen molar-refractivity contribution in [2.45, 2.75) is 57.4 Å². The molecule has 1 N–H and O–H groups in total. The predicted octanol–water partition coefficient (Wildman–Crippen LogP) is 4.58. The van der Waals surface area contributed by atoms with Crippen LogP contribution in [0.2, 0.25) is 0 Å². The van der Waals surface area contributed by atoms with E-state index in [1.165, 1.54) is 19.3 Å². The van der Waals surface area contributed by atoms with E-state index in [0.717, 1.165) is 32.4 Å². The lowest BCUT2D eigenvalue weighted by Crippen LogP contribution is -2.37. The van der Waals surface area contributed by atoms with Crippen LogP contribution < -0.4 is 5.32 Å². The molecule has 1 rings (SSSR count). The van der Waals surface area contributed by atoms with E-state index in [1.807, 2.05) is 0 Å². The van der Waals surface area contributed by atoms with Gasteiger partial charge in [0.1, 0.15) is 0 Å². The fourth-order valence-corrected chi connectivity index (χ4v) is 3.50. The van der Waals surface area contributed by atoms with Gasteiger partial charge in [0.2, 0.25) is 0 Å². The van der Waals surface area contributed by atoms with Crippen molar-refractivity contribution < 1.29 is 13.2 Å². The molecule has 1 saturated carbocycles. The van der Waals surface area contributed by atoms with Crippen molar-refractivity contribution in [3.63, 3.8) is 0 Å². The van der Waals surface area contributed by atoms with Crippen molar-refractivity contribution in [1.82, 2.24) is 5.32 Å². The van der Waals surface area contributed by atoms with E-state index in [1.54, 1.807) is 0 Å². The molecule has 0 aliphatic heterocycles. The molecule has 0 heterocycles. The minimum atomic E-state index is -4.08. The maximum Gasteiger partial charge on any atom is 0.441 e. The smallest absolute Gasteiger partial charge is 0.316 e. The van der Waals surface area contributed by atoms with E-state index in [0.29, 0.717) is 6.42 Å². The van der Waals surface area contributed by atoms with Crippen LogP contribution in [0.25, 0.3) is 0 Å². The number of hydrogen-bond donors (Lipinski definition) is 1. The summed E-state index contributed by atoms with van der Waals surface area (Å²) in [5.41, 5.74) is -3.96. The third kappa shape index (κ3) is 6.32. The van der Waals surface area contributed by atoms with Gasteiger partial charge in [0.25, 0.3) is 0 Å². The molecule has 1 aliphatic rings. The topological polar surface area (TPSA) is 12.0 Å². The van der Waals surface area contributed by atoms with Gasteiger partial charge in [-0.3, -0.25) is 0 Å². The van der Waals surface area contributed by atoms with Gasteiger partial charge in [-0.2, -0.15) is 13.2 Å². The number of nitrogens with one attached hydrogen (secondary N) is 1. The lowest BCUT2D eigenvalue weighted by atomic mass is 9.72. The summed E-state index contributed by atoms with van der Waals surface area (Å²) in [5, 5.41) is 3.40. The number of thioether (sulfide) groups is 1. The minimum Gasteiger partial charge on any atom is -0.316 e. The van der Waals surface area contributed by atoms with E-state index in [4.69, 9.17) is 0 Å². The first kappa shape index (κ1) is 16.2. The lowest BCUT2D eigenvalue weighted by Gasteiger charge is -2.38. The predicted molar refractivity (Wildman–Crippen MR) is 71.8 cm³/mol. The lowest BCUT2D eigenvalue weighted by molar-refractivity contribution is -0.0329. The molecule has 0 bridgehead atoms. The average Bonchev–Trinajstić information content (AvgIpc) is 2.29. The maximum absolute atomic E-state index is 12.2. The molecule has 0 saturated heterocycles.